The predicted molar refractivity (Wildman–Crippen MR) is 121 cm³/mol. The maximum absolute atomic E-state index is 13.4. The van der Waals surface area contributed by atoms with Crippen molar-refractivity contribution in [1.29, 1.82) is 0 Å². The minimum Gasteiger partial charge on any atom is -0.330 e. The number of imidazole rings is 1. The van der Waals surface area contributed by atoms with Crippen LogP contribution in [0.4, 0.5) is 0 Å². The van der Waals surface area contributed by atoms with Gasteiger partial charge < -0.3 is 14.4 Å². The van der Waals surface area contributed by atoms with Gasteiger partial charge >= 0.3 is 0 Å². The lowest BCUT2D eigenvalue weighted by Gasteiger charge is -2.47. The van der Waals surface area contributed by atoms with Gasteiger partial charge in [-0.2, -0.15) is 0 Å². The Kier molecular flexibility index (Phi) is 5.90. The van der Waals surface area contributed by atoms with Crippen LogP contribution in [0.25, 0.3) is 0 Å². The largest absolute Gasteiger partial charge is 0.330 e. The zero-order chi connectivity index (χ0) is 22.3. The van der Waals surface area contributed by atoms with Gasteiger partial charge in [0.1, 0.15) is 11.5 Å². The van der Waals surface area contributed by atoms with Crippen LogP contribution >= 0.6 is 0 Å². The molecule has 0 saturated carbocycles. The van der Waals surface area contributed by atoms with E-state index in [4.69, 9.17) is 4.98 Å². The van der Waals surface area contributed by atoms with E-state index < -0.39 is 0 Å². The summed E-state index contributed by atoms with van der Waals surface area (Å²) in [5, 5.41) is 0. The molecule has 0 aromatic carbocycles. The van der Waals surface area contributed by atoms with Gasteiger partial charge in [0.05, 0.1) is 29.8 Å². The van der Waals surface area contributed by atoms with Gasteiger partial charge in [0, 0.05) is 30.7 Å². The Balaban J connectivity index is 1.69. The fourth-order valence-corrected chi connectivity index (χ4v) is 5.41. The molecule has 2 aliphatic rings. The summed E-state index contributed by atoms with van der Waals surface area (Å²) in [6.07, 6.45) is 5.34. The van der Waals surface area contributed by atoms with Crippen LogP contribution in [0.3, 0.4) is 0 Å². The van der Waals surface area contributed by atoms with Crippen LogP contribution in [0.5, 0.6) is 0 Å². The number of aromatic nitrogens is 4. The highest BCUT2D eigenvalue weighted by molar-refractivity contribution is 5.92. The Bertz CT molecular complexity index is 938. The maximum Gasteiger partial charge on any atom is 0.274 e. The number of likely N-dealkylation sites (tertiary alicyclic amines) is 1. The molecule has 7 heteroatoms. The van der Waals surface area contributed by atoms with Crippen LogP contribution in [-0.4, -0.2) is 61.4 Å². The number of aryl methyl sites for hydroxylation is 2. The summed E-state index contributed by atoms with van der Waals surface area (Å²) in [6.45, 7) is 17.4. The molecule has 1 saturated heterocycles. The van der Waals surface area contributed by atoms with Gasteiger partial charge in [0.25, 0.3) is 5.91 Å². The van der Waals surface area contributed by atoms with E-state index in [1.807, 2.05) is 11.8 Å². The molecule has 1 spiro atoms. The van der Waals surface area contributed by atoms with Gasteiger partial charge in [0.15, 0.2) is 0 Å². The number of rotatable bonds is 4. The Labute approximate surface area is 185 Å². The van der Waals surface area contributed by atoms with Crippen molar-refractivity contribution >= 4 is 5.91 Å². The van der Waals surface area contributed by atoms with Crippen molar-refractivity contribution < 1.29 is 4.79 Å². The molecular formula is C24H36N6O. The fourth-order valence-electron chi connectivity index (χ4n) is 5.41. The number of amides is 1. The molecule has 0 N–H and O–H groups in total. The van der Waals surface area contributed by atoms with Crippen molar-refractivity contribution in [3.8, 4) is 0 Å². The van der Waals surface area contributed by atoms with Gasteiger partial charge in [-0.05, 0) is 59.5 Å². The van der Waals surface area contributed by atoms with Crippen molar-refractivity contribution in [3.05, 3.63) is 41.0 Å². The van der Waals surface area contributed by atoms with Crippen molar-refractivity contribution in [1.82, 2.24) is 29.3 Å². The van der Waals surface area contributed by atoms with Crippen LogP contribution in [-0.2, 0) is 12.0 Å². The minimum atomic E-state index is -0.0836. The number of hydrogen-bond acceptors (Lipinski definition) is 5. The number of hydrogen-bond donors (Lipinski definition) is 0. The van der Waals surface area contributed by atoms with Crippen LogP contribution in [0.1, 0.15) is 80.0 Å². The summed E-state index contributed by atoms with van der Waals surface area (Å²) >= 11 is 0. The van der Waals surface area contributed by atoms with E-state index in [-0.39, 0.29) is 11.3 Å². The predicted octanol–water partition coefficient (Wildman–Crippen LogP) is 3.52. The van der Waals surface area contributed by atoms with E-state index in [9.17, 15) is 4.79 Å². The van der Waals surface area contributed by atoms with E-state index in [0.717, 1.165) is 44.0 Å². The third-order valence-corrected chi connectivity index (χ3v) is 6.76. The van der Waals surface area contributed by atoms with Crippen LogP contribution in [0, 0.1) is 19.8 Å². The molecule has 2 aliphatic heterocycles. The van der Waals surface area contributed by atoms with Crippen LogP contribution < -0.4 is 0 Å². The summed E-state index contributed by atoms with van der Waals surface area (Å²) in [4.78, 5) is 31.7. The number of carbonyl (C=O) groups excluding carboxylic acids is 1. The summed E-state index contributed by atoms with van der Waals surface area (Å²) in [7, 11) is 0. The van der Waals surface area contributed by atoms with Gasteiger partial charge in [-0.25, -0.2) is 9.97 Å². The first-order chi connectivity index (χ1) is 14.7. The molecule has 0 radical (unpaired) electrons. The highest BCUT2D eigenvalue weighted by Crippen LogP contribution is 2.42. The van der Waals surface area contributed by atoms with E-state index in [2.05, 4.69) is 54.1 Å². The molecule has 168 valence electrons. The SMILES string of the molecule is Cc1cnc(C(=O)N2Cc3c(nc(C)n3C(C)C)C3(CCN(CC(C)C)CC3)C2)cn1. The van der Waals surface area contributed by atoms with Gasteiger partial charge in [-0.15, -0.1) is 0 Å². The van der Waals surface area contributed by atoms with E-state index >= 15 is 0 Å². The molecule has 1 amide bonds. The number of nitrogens with zero attached hydrogens (tertiary/aromatic N) is 6. The number of carbonyl (C=O) groups is 1. The molecule has 2 aromatic rings. The third kappa shape index (κ3) is 4.12. The quantitative estimate of drug-likeness (QED) is 0.751. The molecule has 0 aliphatic carbocycles. The standard InChI is InChI=1S/C24H36N6O/c1-16(2)13-28-9-7-24(8-10-28)15-29(23(31)20-12-25-18(5)11-26-20)14-21-22(24)27-19(6)30(21)17(3)4/h11-12,16-17H,7-10,13-15H2,1-6H3. The van der Waals surface area contributed by atoms with Gasteiger partial charge in [0.2, 0.25) is 0 Å². The highest BCUT2D eigenvalue weighted by atomic mass is 16.2. The number of piperidine rings is 1. The third-order valence-electron chi connectivity index (χ3n) is 6.76. The van der Waals surface area contributed by atoms with Crippen molar-refractivity contribution in [2.45, 2.75) is 72.4 Å². The monoisotopic (exact) mass is 424 g/mol. The molecule has 1 fully saturated rings. The van der Waals surface area contributed by atoms with Gasteiger partial charge in [-0.3, -0.25) is 9.78 Å². The lowest BCUT2D eigenvalue weighted by atomic mass is 9.72. The lowest BCUT2D eigenvalue weighted by Crippen LogP contribution is -2.54. The average Bonchev–Trinajstić information content (AvgIpc) is 3.06. The summed E-state index contributed by atoms with van der Waals surface area (Å²) < 4.78 is 2.32. The first kappa shape index (κ1) is 21.9. The van der Waals surface area contributed by atoms with E-state index in [1.165, 1.54) is 11.4 Å². The Morgan fingerprint density at radius 2 is 1.81 bits per heavy atom. The smallest absolute Gasteiger partial charge is 0.274 e. The highest BCUT2D eigenvalue weighted by Gasteiger charge is 2.46. The first-order valence-electron chi connectivity index (χ1n) is 11.6. The Morgan fingerprint density at radius 1 is 1.10 bits per heavy atom. The van der Waals surface area contributed by atoms with Crippen molar-refractivity contribution in [3.63, 3.8) is 0 Å². The second kappa shape index (κ2) is 8.34. The molecule has 0 unspecified atom stereocenters. The van der Waals surface area contributed by atoms with E-state index in [1.54, 1.807) is 12.4 Å². The first-order valence-corrected chi connectivity index (χ1v) is 11.6. The van der Waals surface area contributed by atoms with Crippen molar-refractivity contribution in [2.75, 3.05) is 26.2 Å². The second-order valence-corrected chi connectivity index (χ2v) is 10.1. The zero-order valence-electron chi connectivity index (χ0n) is 19.9. The molecule has 31 heavy (non-hydrogen) atoms. The lowest BCUT2D eigenvalue weighted by molar-refractivity contribution is 0.0546. The van der Waals surface area contributed by atoms with Crippen molar-refractivity contribution in [2.24, 2.45) is 5.92 Å². The Morgan fingerprint density at radius 3 is 2.39 bits per heavy atom. The zero-order valence-corrected chi connectivity index (χ0v) is 19.9. The number of fused-ring (bicyclic) bond motifs is 2. The second-order valence-electron chi connectivity index (χ2n) is 10.1. The van der Waals surface area contributed by atoms with Crippen LogP contribution in [0.15, 0.2) is 12.4 Å². The molecule has 4 rings (SSSR count). The molecular weight excluding hydrogens is 388 g/mol. The van der Waals surface area contributed by atoms with Crippen LogP contribution in [0.2, 0.25) is 0 Å². The van der Waals surface area contributed by atoms with Gasteiger partial charge in [-0.1, -0.05) is 13.8 Å². The van der Waals surface area contributed by atoms with E-state index in [0.29, 0.717) is 30.7 Å². The summed E-state index contributed by atoms with van der Waals surface area (Å²) in [5.41, 5.74) is 3.58. The Hall–Kier alpha value is -2.28. The minimum absolute atomic E-state index is 0.0312. The topological polar surface area (TPSA) is 67.2 Å². The molecule has 4 heterocycles. The normalized spacial score (nSPS) is 18.8. The molecule has 0 atom stereocenters. The summed E-state index contributed by atoms with van der Waals surface area (Å²) in [5.74, 6) is 1.68. The fraction of sp³-hybridized carbons (Fsp3) is 0.667. The molecule has 2 aromatic heterocycles. The average molecular weight is 425 g/mol. The summed E-state index contributed by atoms with van der Waals surface area (Å²) in [6, 6.07) is 0.309. The molecule has 0 bridgehead atoms. The maximum atomic E-state index is 13.4. The molecule has 7 nitrogen and oxygen atoms in total.